The quantitative estimate of drug-likeness (QED) is 0.544. The Balaban J connectivity index is 1.46. The molecule has 0 unspecified atom stereocenters. The zero-order valence-electron chi connectivity index (χ0n) is 15.3. The summed E-state index contributed by atoms with van der Waals surface area (Å²) in [6, 6.07) is 11.6. The van der Waals surface area contributed by atoms with Crippen LogP contribution < -0.4 is 14.9 Å². The molecule has 1 saturated heterocycles. The molecular weight excluding hydrogens is 448 g/mol. The highest BCUT2D eigenvalue weighted by Crippen LogP contribution is 2.27. The van der Waals surface area contributed by atoms with Gasteiger partial charge in [-0.25, -0.2) is 18.3 Å². The highest BCUT2D eigenvalue weighted by molar-refractivity contribution is 7.93. The van der Waals surface area contributed by atoms with E-state index in [9.17, 15) is 18.0 Å². The standard InChI is InChI=1S/C19H15ClN4O4S2/c20-12-1-5-14(6-2-12)24-17(25)11-16(18(24)26)22-13-3-7-15(8-4-13)30(27,28)23-19-21-9-10-29-19/h1-10,16,22H,11H2,(H,21,23)/t16-/m1/s1. The minimum Gasteiger partial charge on any atom is -0.373 e. The van der Waals surface area contributed by atoms with Crippen molar-refractivity contribution in [2.45, 2.75) is 17.4 Å². The predicted molar refractivity (Wildman–Crippen MR) is 115 cm³/mol. The first-order valence-corrected chi connectivity index (χ1v) is 11.5. The summed E-state index contributed by atoms with van der Waals surface area (Å²) >= 11 is 7.03. The smallest absolute Gasteiger partial charge is 0.263 e. The fourth-order valence-corrected chi connectivity index (χ4v) is 4.90. The van der Waals surface area contributed by atoms with Gasteiger partial charge in [0.25, 0.3) is 15.9 Å². The van der Waals surface area contributed by atoms with E-state index in [1.807, 2.05) is 0 Å². The van der Waals surface area contributed by atoms with Crippen molar-refractivity contribution in [3.63, 3.8) is 0 Å². The minimum atomic E-state index is -3.77. The Morgan fingerprint density at radius 2 is 1.77 bits per heavy atom. The molecule has 1 aliphatic rings. The topological polar surface area (TPSA) is 108 Å². The summed E-state index contributed by atoms with van der Waals surface area (Å²) in [5.41, 5.74) is 0.973. The van der Waals surface area contributed by atoms with Crippen LogP contribution in [0.1, 0.15) is 6.42 Å². The Hall–Kier alpha value is -2.95. The molecule has 8 nitrogen and oxygen atoms in total. The van der Waals surface area contributed by atoms with Crippen LogP contribution in [-0.2, 0) is 19.6 Å². The summed E-state index contributed by atoms with van der Waals surface area (Å²) < 4.78 is 27.2. The third-order valence-corrected chi connectivity index (χ3v) is 6.82. The van der Waals surface area contributed by atoms with Crippen molar-refractivity contribution >= 4 is 61.3 Å². The monoisotopic (exact) mass is 462 g/mol. The maximum absolute atomic E-state index is 12.7. The second-order valence-corrected chi connectivity index (χ2v) is 9.43. The van der Waals surface area contributed by atoms with Gasteiger partial charge in [-0.2, -0.15) is 0 Å². The Bertz CT molecular complexity index is 1180. The van der Waals surface area contributed by atoms with Crippen LogP contribution in [0.15, 0.2) is 65.0 Å². The molecule has 1 aliphatic heterocycles. The average molecular weight is 463 g/mol. The maximum Gasteiger partial charge on any atom is 0.263 e. The van der Waals surface area contributed by atoms with E-state index in [1.54, 1.807) is 41.8 Å². The number of hydrogen-bond donors (Lipinski definition) is 2. The van der Waals surface area contributed by atoms with Crippen molar-refractivity contribution in [1.82, 2.24) is 4.98 Å². The maximum atomic E-state index is 12.7. The SMILES string of the molecule is O=C1C[C@@H](Nc2ccc(S(=O)(=O)Nc3nccs3)cc2)C(=O)N1c1ccc(Cl)cc1. The fraction of sp³-hybridized carbons (Fsp3) is 0.105. The summed E-state index contributed by atoms with van der Waals surface area (Å²) in [4.78, 5) is 30.1. The van der Waals surface area contributed by atoms with Crippen LogP contribution in [-0.4, -0.2) is 31.3 Å². The lowest BCUT2D eigenvalue weighted by Crippen LogP contribution is -2.34. The van der Waals surface area contributed by atoms with Gasteiger partial charge in [-0.3, -0.25) is 14.3 Å². The molecule has 2 N–H and O–H groups in total. The molecule has 154 valence electrons. The number of carbonyl (C=O) groups excluding carboxylic acids is 2. The van der Waals surface area contributed by atoms with Gasteiger partial charge in [-0.1, -0.05) is 11.6 Å². The van der Waals surface area contributed by atoms with Crippen LogP contribution in [0.5, 0.6) is 0 Å². The number of benzene rings is 2. The molecule has 2 aromatic carbocycles. The number of imide groups is 1. The van der Waals surface area contributed by atoms with E-state index in [-0.39, 0.29) is 28.3 Å². The lowest BCUT2D eigenvalue weighted by Gasteiger charge is -2.16. The highest BCUT2D eigenvalue weighted by Gasteiger charge is 2.39. The molecule has 1 aromatic heterocycles. The number of carbonyl (C=O) groups is 2. The van der Waals surface area contributed by atoms with Gasteiger partial charge < -0.3 is 5.32 Å². The zero-order chi connectivity index (χ0) is 21.3. The van der Waals surface area contributed by atoms with Crippen LogP contribution in [0.3, 0.4) is 0 Å². The zero-order valence-corrected chi connectivity index (χ0v) is 17.7. The first-order chi connectivity index (χ1) is 14.3. The summed E-state index contributed by atoms with van der Waals surface area (Å²) in [7, 11) is -3.77. The molecule has 2 heterocycles. The largest absolute Gasteiger partial charge is 0.373 e. The molecule has 0 radical (unpaired) electrons. The van der Waals surface area contributed by atoms with Gasteiger partial charge in [0.1, 0.15) is 6.04 Å². The third-order valence-electron chi connectivity index (χ3n) is 4.39. The Labute approximate surface area is 181 Å². The lowest BCUT2D eigenvalue weighted by molar-refractivity contribution is -0.121. The molecule has 1 fully saturated rings. The lowest BCUT2D eigenvalue weighted by atomic mass is 10.2. The summed E-state index contributed by atoms with van der Waals surface area (Å²) in [5, 5.41) is 5.44. The van der Waals surface area contributed by atoms with Crippen molar-refractivity contribution in [1.29, 1.82) is 0 Å². The van der Waals surface area contributed by atoms with Gasteiger partial charge >= 0.3 is 0 Å². The van der Waals surface area contributed by atoms with E-state index >= 15 is 0 Å². The molecule has 11 heteroatoms. The van der Waals surface area contributed by atoms with E-state index in [1.165, 1.54) is 29.7 Å². The number of halogens is 1. The number of nitrogens with one attached hydrogen (secondary N) is 2. The second kappa shape index (κ2) is 8.05. The number of aromatic nitrogens is 1. The van der Waals surface area contributed by atoms with Gasteiger partial charge in [0.15, 0.2) is 5.13 Å². The van der Waals surface area contributed by atoms with Crippen LogP contribution in [0.25, 0.3) is 0 Å². The second-order valence-electron chi connectivity index (χ2n) is 6.41. The molecular formula is C19H15ClN4O4S2. The molecule has 30 heavy (non-hydrogen) atoms. The molecule has 4 rings (SSSR count). The van der Waals surface area contributed by atoms with E-state index in [4.69, 9.17) is 11.6 Å². The van der Waals surface area contributed by atoms with Gasteiger partial charge in [0, 0.05) is 22.3 Å². The summed E-state index contributed by atoms with van der Waals surface area (Å²) in [6.07, 6.45) is 1.50. The van der Waals surface area contributed by atoms with Gasteiger partial charge in [-0.15, -0.1) is 11.3 Å². The Morgan fingerprint density at radius 1 is 1.07 bits per heavy atom. The van der Waals surface area contributed by atoms with Crippen molar-refractivity contribution in [3.8, 4) is 0 Å². The van der Waals surface area contributed by atoms with Gasteiger partial charge in [-0.05, 0) is 48.5 Å². The van der Waals surface area contributed by atoms with Gasteiger partial charge in [0.2, 0.25) is 5.91 Å². The molecule has 0 saturated carbocycles. The van der Waals surface area contributed by atoms with Crippen molar-refractivity contribution in [2.75, 3.05) is 14.9 Å². The Kier molecular flexibility index (Phi) is 5.46. The number of hydrogen-bond acceptors (Lipinski definition) is 7. The van der Waals surface area contributed by atoms with E-state index in [0.29, 0.717) is 16.4 Å². The van der Waals surface area contributed by atoms with Gasteiger partial charge in [0.05, 0.1) is 17.0 Å². The first-order valence-electron chi connectivity index (χ1n) is 8.75. The molecule has 0 aliphatic carbocycles. The summed E-state index contributed by atoms with van der Waals surface area (Å²) in [6.45, 7) is 0. The Morgan fingerprint density at radius 3 is 2.40 bits per heavy atom. The van der Waals surface area contributed by atoms with Crippen molar-refractivity contribution in [2.24, 2.45) is 0 Å². The number of thiazole rings is 1. The normalized spacial score (nSPS) is 16.7. The highest BCUT2D eigenvalue weighted by atomic mass is 35.5. The molecule has 2 amide bonds. The number of amides is 2. The molecule has 1 atom stereocenters. The van der Waals surface area contributed by atoms with Crippen molar-refractivity contribution < 1.29 is 18.0 Å². The number of nitrogens with zero attached hydrogens (tertiary/aromatic N) is 2. The van der Waals surface area contributed by atoms with E-state index < -0.39 is 16.1 Å². The first kappa shape index (κ1) is 20.3. The molecule has 3 aromatic rings. The number of rotatable bonds is 6. The molecule has 0 spiro atoms. The van der Waals surface area contributed by atoms with Crippen LogP contribution in [0.4, 0.5) is 16.5 Å². The summed E-state index contributed by atoms with van der Waals surface area (Å²) in [5.74, 6) is -0.712. The number of sulfonamides is 1. The minimum absolute atomic E-state index is 0.00683. The van der Waals surface area contributed by atoms with Crippen LogP contribution >= 0.6 is 22.9 Å². The predicted octanol–water partition coefficient (Wildman–Crippen LogP) is 3.34. The van der Waals surface area contributed by atoms with Crippen LogP contribution in [0, 0.1) is 0 Å². The van der Waals surface area contributed by atoms with Crippen molar-refractivity contribution in [3.05, 3.63) is 65.1 Å². The average Bonchev–Trinajstić information content (AvgIpc) is 3.31. The van der Waals surface area contributed by atoms with E-state index in [0.717, 1.165) is 4.90 Å². The van der Waals surface area contributed by atoms with Crippen LogP contribution in [0.2, 0.25) is 5.02 Å². The number of anilines is 3. The third kappa shape index (κ3) is 4.16. The fourth-order valence-electron chi connectivity index (χ4n) is 2.99. The van der Waals surface area contributed by atoms with E-state index in [2.05, 4.69) is 15.0 Å². The molecule has 0 bridgehead atoms.